The number of sulfonamides is 1. The average Bonchev–Trinajstić information content (AvgIpc) is 3.28. The fraction of sp³-hybridized carbons (Fsp3) is 0.250. The van der Waals surface area contributed by atoms with Gasteiger partial charge < -0.3 is 4.74 Å². The lowest BCUT2D eigenvalue weighted by molar-refractivity contribution is 0.414. The molecule has 5 heteroatoms. The number of benzene rings is 2. The third-order valence-electron chi connectivity index (χ3n) is 3.78. The van der Waals surface area contributed by atoms with Crippen LogP contribution < -0.4 is 9.46 Å². The van der Waals surface area contributed by atoms with Gasteiger partial charge in [-0.05, 0) is 42.7 Å². The molecule has 1 aliphatic carbocycles. The predicted molar refractivity (Wildman–Crippen MR) is 80.7 cm³/mol. The van der Waals surface area contributed by atoms with E-state index in [0.717, 1.165) is 18.4 Å². The highest BCUT2D eigenvalue weighted by atomic mass is 32.2. The summed E-state index contributed by atoms with van der Waals surface area (Å²) in [6.07, 6.45) is 1.65. The van der Waals surface area contributed by atoms with E-state index in [0.29, 0.717) is 5.75 Å². The van der Waals surface area contributed by atoms with Gasteiger partial charge in [0, 0.05) is 0 Å². The van der Waals surface area contributed by atoms with Crippen LogP contribution in [0.3, 0.4) is 0 Å². The minimum atomic E-state index is -3.53. The standard InChI is InChI=1S/C16H17NO3S/c1-20-14-7-9-15(10-8-14)21(18,19)17-16(11-12-16)13-5-3-2-4-6-13/h2-10,17H,11-12H2,1H3. The Morgan fingerprint density at radius 3 is 2.14 bits per heavy atom. The van der Waals surface area contributed by atoms with Crippen LogP contribution in [0.2, 0.25) is 0 Å². The molecule has 0 amide bonds. The lowest BCUT2D eigenvalue weighted by Gasteiger charge is -2.18. The summed E-state index contributed by atoms with van der Waals surface area (Å²) in [5.74, 6) is 0.637. The maximum atomic E-state index is 12.5. The molecule has 3 rings (SSSR count). The Morgan fingerprint density at radius 2 is 1.62 bits per heavy atom. The third kappa shape index (κ3) is 2.80. The van der Waals surface area contributed by atoms with Crippen LogP contribution in [0.5, 0.6) is 5.75 Å². The molecule has 0 spiro atoms. The van der Waals surface area contributed by atoms with E-state index in [4.69, 9.17) is 4.74 Å². The van der Waals surface area contributed by atoms with Crippen molar-refractivity contribution in [2.75, 3.05) is 7.11 Å². The summed E-state index contributed by atoms with van der Waals surface area (Å²) in [6.45, 7) is 0. The van der Waals surface area contributed by atoms with Gasteiger partial charge in [0.1, 0.15) is 5.75 Å². The van der Waals surface area contributed by atoms with Crippen molar-refractivity contribution in [3.05, 3.63) is 60.2 Å². The minimum Gasteiger partial charge on any atom is -0.497 e. The zero-order chi connectivity index (χ0) is 14.9. The number of rotatable bonds is 5. The van der Waals surface area contributed by atoms with Crippen molar-refractivity contribution in [3.8, 4) is 5.75 Å². The molecule has 0 unspecified atom stereocenters. The predicted octanol–water partition coefficient (Wildman–Crippen LogP) is 2.66. The van der Waals surface area contributed by atoms with Crippen molar-refractivity contribution >= 4 is 10.0 Å². The van der Waals surface area contributed by atoms with E-state index >= 15 is 0 Å². The molecule has 0 radical (unpaired) electrons. The monoisotopic (exact) mass is 303 g/mol. The molecular formula is C16H17NO3S. The smallest absolute Gasteiger partial charge is 0.241 e. The molecular weight excluding hydrogens is 286 g/mol. The molecule has 0 aliphatic heterocycles. The van der Waals surface area contributed by atoms with Crippen molar-refractivity contribution in [1.29, 1.82) is 0 Å². The fourth-order valence-corrected chi connectivity index (χ4v) is 3.85. The van der Waals surface area contributed by atoms with Crippen LogP contribution in [-0.2, 0) is 15.6 Å². The van der Waals surface area contributed by atoms with Gasteiger partial charge in [0.15, 0.2) is 0 Å². The number of hydrogen-bond acceptors (Lipinski definition) is 3. The van der Waals surface area contributed by atoms with Crippen LogP contribution in [0, 0.1) is 0 Å². The lowest BCUT2D eigenvalue weighted by atomic mass is 10.1. The average molecular weight is 303 g/mol. The summed E-state index contributed by atoms with van der Waals surface area (Å²) >= 11 is 0. The number of hydrogen-bond donors (Lipinski definition) is 1. The first-order valence-corrected chi connectivity index (χ1v) is 8.28. The van der Waals surface area contributed by atoms with Gasteiger partial charge in [0.2, 0.25) is 10.0 Å². The molecule has 4 nitrogen and oxygen atoms in total. The maximum absolute atomic E-state index is 12.5. The maximum Gasteiger partial charge on any atom is 0.241 e. The summed E-state index contributed by atoms with van der Waals surface area (Å²) in [5, 5.41) is 0. The minimum absolute atomic E-state index is 0.255. The molecule has 1 saturated carbocycles. The van der Waals surface area contributed by atoms with Crippen LogP contribution in [0.4, 0.5) is 0 Å². The first-order valence-electron chi connectivity index (χ1n) is 6.79. The number of nitrogens with one attached hydrogen (secondary N) is 1. The van der Waals surface area contributed by atoms with E-state index in [1.165, 1.54) is 0 Å². The lowest BCUT2D eigenvalue weighted by Crippen LogP contribution is -2.34. The molecule has 0 saturated heterocycles. The van der Waals surface area contributed by atoms with Gasteiger partial charge in [0.05, 0.1) is 17.5 Å². The van der Waals surface area contributed by atoms with Gasteiger partial charge in [-0.25, -0.2) is 13.1 Å². The number of methoxy groups -OCH3 is 1. The second kappa shape index (κ2) is 5.16. The molecule has 110 valence electrons. The van der Waals surface area contributed by atoms with Gasteiger partial charge in [-0.15, -0.1) is 0 Å². The Hall–Kier alpha value is -1.85. The van der Waals surface area contributed by atoms with Crippen molar-refractivity contribution in [3.63, 3.8) is 0 Å². The molecule has 1 N–H and O–H groups in total. The largest absolute Gasteiger partial charge is 0.497 e. The van der Waals surface area contributed by atoms with Crippen LogP contribution >= 0.6 is 0 Å². The van der Waals surface area contributed by atoms with Crippen molar-refractivity contribution < 1.29 is 13.2 Å². The van der Waals surface area contributed by atoms with E-state index in [1.807, 2.05) is 30.3 Å². The van der Waals surface area contributed by atoms with Gasteiger partial charge in [-0.1, -0.05) is 30.3 Å². The van der Waals surface area contributed by atoms with Crippen LogP contribution in [-0.4, -0.2) is 15.5 Å². The van der Waals surface area contributed by atoms with E-state index < -0.39 is 15.6 Å². The van der Waals surface area contributed by atoms with Crippen molar-refractivity contribution in [2.24, 2.45) is 0 Å². The fourth-order valence-electron chi connectivity index (χ4n) is 2.40. The Kier molecular flexibility index (Phi) is 3.47. The molecule has 2 aromatic carbocycles. The summed E-state index contributed by atoms with van der Waals surface area (Å²) in [6, 6.07) is 16.1. The van der Waals surface area contributed by atoms with Gasteiger partial charge in [-0.2, -0.15) is 0 Å². The quantitative estimate of drug-likeness (QED) is 0.924. The van der Waals surface area contributed by atoms with Gasteiger partial charge in [-0.3, -0.25) is 0 Å². The summed E-state index contributed by atoms with van der Waals surface area (Å²) in [7, 11) is -1.98. The Labute approximate surface area is 124 Å². The first-order chi connectivity index (χ1) is 10.1. The van der Waals surface area contributed by atoms with Crippen LogP contribution in [0.15, 0.2) is 59.5 Å². The molecule has 1 aliphatic rings. The SMILES string of the molecule is COc1ccc(S(=O)(=O)NC2(c3ccccc3)CC2)cc1. The van der Waals surface area contributed by atoms with Crippen LogP contribution in [0.25, 0.3) is 0 Å². The second-order valence-electron chi connectivity index (χ2n) is 5.23. The summed E-state index contributed by atoms with van der Waals surface area (Å²) < 4.78 is 32.9. The molecule has 1 fully saturated rings. The Balaban J connectivity index is 1.86. The summed E-state index contributed by atoms with van der Waals surface area (Å²) in [5.41, 5.74) is 0.571. The number of ether oxygens (including phenoxy) is 1. The molecule has 0 atom stereocenters. The Morgan fingerprint density at radius 1 is 1.00 bits per heavy atom. The molecule has 21 heavy (non-hydrogen) atoms. The Bertz CT molecular complexity index is 720. The van der Waals surface area contributed by atoms with Gasteiger partial charge >= 0.3 is 0 Å². The van der Waals surface area contributed by atoms with E-state index in [9.17, 15) is 8.42 Å². The van der Waals surface area contributed by atoms with Gasteiger partial charge in [0.25, 0.3) is 0 Å². The summed E-state index contributed by atoms with van der Waals surface area (Å²) in [4.78, 5) is 0.255. The highest BCUT2D eigenvalue weighted by molar-refractivity contribution is 7.89. The van der Waals surface area contributed by atoms with E-state index in [1.54, 1.807) is 31.4 Å². The highest BCUT2D eigenvalue weighted by Gasteiger charge is 2.47. The van der Waals surface area contributed by atoms with Crippen LogP contribution in [0.1, 0.15) is 18.4 Å². The molecule has 0 heterocycles. The molecule has 0 aromatic heterocycles. The van der Waals surface area contributed by atoms with E-state index in [2.05, 4.69) is 4.72 Å². The zero-order valence-corrected chi connectivity index (χ0v) is 12.6. The second-order valence-corrected chi connectivity index (χ2v) is 6.91. The molecule has 2 aromatic rings. The normalized spacial score (nSPS) is 16.4. The van der Waals surface area contributed by atoms with E-state index in [-0.39, 0.29) is 4.90 Å². The first kappa shape index (κ1) is 14.1. The topological polar surface area (TPSA) is 55.4 Å². The van der Waals surface area contributed by atoms with Crippen molar-refractivity contribution in [2.45, 2.75) is 23.3 Å². The third-order valence-corrected chi connectivity index (χ3v) is 5.33. The molecule has 0 bridgehead atoms. The zero-order valence-electron chi connectivity index (χ0n) is 11.7. The van der Waals surface area contributed by atoms with Crippen molar-refractivity contribution in [1.82, 2.24) is 4.72 Å². The highest BCUT2D eigenvalue weighted by Crippen LogP contribution is 2.46.